The van der Waals surface area contributed by atoms with Crippen molar-refractivity contribution in [1.29, 1.82) is 0 Å². The van der Waals surface area contributed by atoms with Gasteiger partial charge < -0.3 is 5.32 Å². The second kappa shape index (κ2) is 7.13. The Kier molecular flexibility index (Phi) is 5.22. The van der Waals surface area contributed by atoms with Crippen molar-refractivity contribution in [1.82, 2.24) is 10.3 Å². The van der Waals surface area contributed by atoms with Gasteiger partial charge >= 0.3 is 0 Å². The van der Waals surface area contributed by atoms with Crippen LogP contribution in [0.5, 0.6) is 0 Å². The van der Waals surface area contributed by atoms with Crippen LogP contribution in [0.4, 0.5) is 0 Å². The van der Waals surface area contributed by atoms with Crippen LogP contribution in [0.2, 0.25) is 0 Å². The molecule has 0 atom stereocenters. The number of benzene rings is 1. The van der Waals surface area contributed by atoms with Crippen LogP contribution in [0.1, 0.15) is 38.8 Å². The summed E-state index contributed by atoms with van der Waals surface area (Å²) >= 11 is 1.58. The quantitative estimate of drug-likeness (QED) is 0.834. The van der Waals surface area contributed by atoms with Crippen molar-refractivity contribution in [2.24, 2.45) is 0 Å². The molecule has 0 aliphatic carbocycles. The van der Waals surface area contributed by atoms with E-state index in [0.717, 1.165) is 15.6 Å². The largest absolute Gasteiger partial charge is 0.351 e. The van der Waals surface area contributed by atoms with Gasteiger partial charge in [-0.2, -0.15) is 0 Å². The van der Waals surface area contributed by atoms with E-state index in [9.17, 15) is 9.59 Å². The Hall–Kier alpha value is -2.01. The topological polar surface area (TPSA) is 59.1 Å². The van der Waals surface area contributed by atoms with Crippen molar-refractivity contribution >= 4 is 23.0 Å². The fourth-order valence-electron chi connectivity index (χ4n) is 2.00. The molecule has 110 valence electrons. The summed E-state index contributed by atoms with van der Waals surface area (Å²) in [5.74, 6) is -0.111. The molecule has 0 aliphatic heterocycles. The summed E-state index contributed by atoms with van der Waals surface area (Å²) in [5, 5.41) is 3.84. The molecule has 1 aromatic heterocycles. The minimum absolute atomic E-state index is 0.00411. The van der Waals surface area contributed by atoms with Gasteiger partial charge in [0.25, 0.3) is 0 Å². The maximum atomic E-state index is 11.9. The molecule has 2 rings (SSSR count). The number of nitrogens with one attached hydrogen (secondary N) is 1. The summed E-state index contributed by atoms with van der Waals surface area (Å²) in [6, 6.07) is 9.04. The number of thiazole rings is 1. The summed E-state index contributed by atoms with van der Waals surface area (Å²) in [6.45, 7) is 4.36. The first-order chi connectivity index (χ1) is 10.1. The van der Waals surface area contributed by atoms with Crippen molar-refractivity contribution < 1.29 is 9.59 Å². The molecule has 0 bridgehead atoms. The lowest BCUT2D eigenvalue weighted by atomic mass is 10.1. The Morgan fingerprint density at radius 1 is 1.14 bits per heavy atom. The van der Waals surface area contributed by atoms with Crippen LogP contribution < -0.4 is 5.32 Å². The number of aromatic nitrogens is 1. The number of nitrogens with zero attached hydrogens (tertiary/aromatic N) is 1. The van der Waals surface area contributed by atoms with E-state index in [-0.39, 0.29) is 24.5 Å². The highest BCUT2D eigenvalue weighted by atomic mass is 32.1. The molecule has 0 radical (unpaired) electrons. The lowest BCUT2D eigenvalue weighted by molar-refractivity contribution is -0.121. The van der Waals surface area contributed by atoms with Gasteiger partial charge in [0.15, 0.2) is 5.78 Å². The average molecular weight is 302 g/mol. The van der Waals surface area contributed by atoms with Gasteiger partial charge in [-0.25, -0.2) is 4.98 Å². The normalized spacial score (nSPS) is 10.4. The Labute approximate surface area is 128 Å². The van der Waals surface area contributed by atoms with Crippen molar-refractivity contribution in [2.75, 3.05) is 0 Å². The first kappa shape index (κ1) is 15.4. The third-order valence-electron chi connectivity index (χ3n) is 3.12. The lowest BCUT2D eigenvalue weighted by Crippen LogP contribution is -2.23. The highest BCUT2D eigenvalue weighted by molar-refractivity contribution is 7.11. The predicted octanol–water partition coefficient (Wildman–Crippen LogP) is 3.04. The number of ketones is 1. The number of carbonyl (C=O) groups is 2. The smallest absolute Gasteiger partial charge is 0.220 e. The summed E-state index contributed by atoms with van der Waals surface area (Å²) in [4.78, 5) is 29.1. The van der Waals surface area contributed by atoms with Crippen LogP contribution in [-0.2, 0) is 11.3 Å². The van der Waals surface area contributed by atoms with Gasteiger partial charge in [-0.1, -0.05) is 30.3 Å². The van der Waals surface area contributed by atoms with Crippen LogP contribution in [0.25, 0.3) is 0 Å². The molecule has 0 spiro atoms. The third-order valence-corrected chi connectivity index (χ3v) is 4.19. The molecular formula is C16H18N2O2S. The molecule has 0 unspecified atom stereocenters. The SMILES string of the molecule is Cc1nc(C)c(CNC(=O)CCC(=O)c2ccccc2)s1. The number of hydrogen-bond donors (Lipinski definition) is 1. The highest BCUT2D eigenvalue weighted by Gasteiger charge is 2.10. The van der Waals surface area contributed by atoms with Crippen LogP contribution in [-0.4, -0.2) is 16.7 Å². The highest BCUT2D eigenvalue weighted by Crippen LogP contribution is 2.16. The molecule has 0 aliphatic rings. The Morgan fingerprint density at radius 2 is 1.86 bits per heavy atom. The van der Waals surface area contributed by atoms with Crippen LogP contribution in [0.3, 0.4) is 0 Å². The van der Waals surface area contributed by atoms with Crippen LogP contribution in [0, 0.1) is 13.8 Å². The number of amides is 1. The Balaban J connectivity index is 1.78. The van der Waals surface area contributed by atoms with Gasteiger partial charge in [0.1, 0.15) is 0 Å². The van der Waals surface area contributed by atoms with E-state index < -0.39 is 0 Å². The van der Waals surface area contributed by atoms with Crippen molar-refractivity contribution in [2.45, 2.75) is 33.2 Å². The second-order valence-corrected chi connectivity index (χ2v) is 6.10. The number of rotatable bonds is 6. The molecule has 0 saturated carbocycles. The maximum absolute atomic E-state index is 11.9. The number of aryl methyl sites for hydroxylation is 2. The van der Waals surface area contributed by atoms with E-state index in [1.807, 2.05) is 32.0 Å². The first-order valence-corrected chi connectivity index (χ1v) is 7.66. The fraction of sp³-hybridized carbons (Fsp3) is 0.312. The van der Waals surface area contributed by atoms with Gasteiger partial charge in [-0.05, 0) is 13.8 Å². The summed E-state index contributed by atoms with van der Waals surface area (Å²) < 4.78 is 0. The maximum Gasteiger partial charge on any atom is 0.220 e. The third kappa shape index (κ3) is 4.49. The molecule has 0 fully saturated rings. The zero-order chi connectivity index (χ0) is 15.2. The van der Waals surface area contributed by atoms with E-state index in [4.69, 9.17) is 0 Å². The summed E-state index contributed by atoms with van der Waals surface area (Å²) in [6.07, 6.45) is 0.446. The lowest BCUT2D eigenvalue weighted by Gasteiger charge is -2.04. The van der Waals surface area contributed by atoms with Gasteiger partial charge in [-0.3, -0.25) is 9.59 Å². The molecule has 0 saturated heterocycles. The molecular weight excluding hydrogens is 284 g/mol. The average Bonchev–Trinajstić information content (AvgIpc) is 2.81. The van der Waals surface area contributed by atoms with Crippen LogP contribution in [0.15, 0.2) is 30.3 Å². The van der Waals surface area contributed by atoms with E-state index >= 15 is 0 Å². The summed E-state index contributed by atoms with van der Waals surface area (Å²) in [7, 11) is 0. The molecule has 5 heteroatoms. The van der Waals surface area contributed by atoms with Crippen molar-refractivity contribution in [3.05, 3.63) is 51.5 Å². The Morgan fingerprint density at radius 3 is 2.48 bits per heavy atom. The number of hydrogen-bond acceptors (Lipinski definition) is 4. The molecule has 1 aromatic carbocycles. The van der Waals surface area contributed by atoms with E-state index in [0.29, 0.717) is 12.1 Å². The van der Waals surface area contributed by atoms with E-state index in [1.165, 1.54) is 0 Å². The minimum Gasteiger partial charge on any atom is -0.351 e. The van der Waals surface area contributed by atoms with Gasteiger partial charge in [-0.15, -0.1) is 11.3 Å². The zero-order valence-corrected chi connectivity index (χ0v) is 13.0. The zero-order valence-electron chi connectivity index (χ0n) is 12.2. The second-order valence-electron chi connectivity index (χ2n) is 4.81. The van der Waals surface area contributed by atoms with E-state index in [1.54, 1.807) is 23.5 Å². The van der Waals surface area contributed by atoms with Gasteiger partial charge in [0.2, 0.25) is 5.91 Å². The molecule has 21 heavy (non-hydrogen) atoms. The number of carbonyl (C=O) groups excluding carboxylic acids is 2. The van der Waals surface area contributed by atoms with Gasteiger partial charge in [0.05, 0.1) is 17.2 Å². The fourth-order valence-corrected chi connectivity index (χ4v) is 2.88. The van der Waals surface area contributed by atoms with Gasteiger partial charge in [0, 0.05) is 23.3 Å². The standard InChI is InChI=1S/C16H18N2O2S/c1-11-15(21-12(2)18-11)10-17-16(20)9-8-14(19)13-6-4-3-5-7-13/h3-7H,8-10H2,1-2H3,(H,17,20). The Bertz CT molecular complexity index is 635. The van der Waals surface area contributed by atoms with Crippen LogP contribution >= 0.6 is 11.3 Å². The molecule has 1 amide bonds. The molecule has 1 N–H and O–H groups in total. The molecule has 4 nitrogen and oxygen atoms in total. The monoisotopic (exact) mass is 302 g/mol. The van der Waals surface area contributed by atoms with Crippen molar-refractivity contribution in [3.8, 4) is 0 Å². The van der Waals surface area contributed by atoms with E-state index in [2.05, 4.69) is 10.3 Å². The molecule has 2 aromatic rings. The number of Topliss-reactive ketones (excluding diaryl/α,β-unsaturated/α-hetero) is 1. The summed E-state index contributed by atoms with van der Waals surface area (Å²) in [5.41, 5.74) is 1.61. The van der Waals surface area contributed by atoms with Crippen molar-refractivity contribution in [3.63, 3.8) is 0 Å². The minimum atomic E-state index is -0.107. The first-order valence-electron chi connectivity index (χ1n) is 6.84. The molecule has 1 heterocycles. The predicted molar refractivity (Wildman–Crippen MR) is 83.4 cm³/mol.